The van der Waals surface area contributed by atoms with Crippen LogP contribution in [0, 0.1) is 5.92 Å². The molecule has 0 unspecified atom stereocenters. The number of nitrogens with one attached hydrogen (secondary N) is 1. The second-order valence-corrected chi connectivity index (χ2v) is 2.93. The zero-order valence-electron chi connectivity index (χ0n) is 4.85. The molecule has 1 aliphatic heterocycles. The molecule has 8 heavy (non-hydrogen) atoms. The van der Waals surface area contributed by atoms with Gasteiger partial charge in [0.25, 0.3) is 0 Å². The molecule has 0 bridgehead atoms. The summed E-state index contributed by atoms with van der Waals surface area (Å²) in [6.45, 7) is 1.46. The van der Waals surface area contributed by atoms with E-state index >= 15 is 0 Å². The molecular weight excluding hydrogens is 102 g/mol. The first-order valence-electron chi connectivity index (χ1n) is 3.23. The molecule has 0 radical (unpaired) electrons. The molecule has 1 heterocycles. The normalized spacial score (nSPS) is 51.4. The van der Waals surface area contributed by atoms with Crippen LogP contribution in [0.1, 0.15) is 12.8 Å². The van der Waals surface area contributed by atoms with Crippen molar-refractivity contribution in [1.82, 2.24) is 5.32 Å². The standard InChI is InChI=1S/C6H11NO/c8-4-6-3-5(6)1-2-7-6/h5,7-8H,1-4H2/t5-,6+/m1/s1. The predicted octanol–water partition coefficient (Wildman–Crippen LogP) is -0.269. The maximum absolute atomic E-state index is 8.80. The van der Waals surface area contributed by atoms with Crippen molar-refractivity contribution >= 4 is 0 Å². The maximum Gasteiger partial charge on any atom is 0.0616 e. The van der Waals surface area contributed by atoms with E-state index in [0.717, 1.165) is 12.5 Å². The Morgan fingerprint density at radius 1 is 1.75 bits per heavy atom. The van der Waals surface area contributed by atoms with Crippen LogP contribution in [-0.4, -0.2) is 23.8 Å². The highest BCUT2D eigenvalue weighted by Gasteiger charge is 2.56. The molecule has 1 saturated carbocycles. The van der Waals surface area contributed by atoms with Crippen LogP contribution in [0.25, 0.3) is 0 Å². The van der Waals surface area contributed by atoms with Crippen molar-refractivity contribution in [2.24, 2.45) is 5.92 Å². The maximum atomic E-state index is 8.80. The van der Waals surface area contributed by atoms with Crippen LogP contribution < -0.4 is 5.32 Å². The van der Waals surface area contributed by atoms with E-state index in [4.69, 9.17) is 5.11 Å². The molecule has 2 aliphatic rings. The average molecular weight is 113 g/mol. The second kappa shape index (κ2) is 1.25. The summed E-state index contributed by atoms with van der Waals surface area (Å²) in [6.07, 6.45) is 2.49. The third kappa shape index (κ3) is 0.400. The zero-order valence-corrected chi connectivity index (χ0v) is 4.85. The smallest absolute Gasteiger partial charge is 0.0616 e. The summed E-state index contributed by atoms with van der Waals surface area (Å²) in [5.74, 6) is 0.812. The quantitative estimate of drug-likeness (QED) is 0.490. The van der Waals surface area contributed by atoms with E-state index in [9.17, 15) is 0 Å². The fraction of sp³-hybridized carbons (Fsp3) is 1.00. The zero-order chi connectivity index (χ0) is 5.61. The van der Waals surface area contributed by atoms with Gasteiger partial charge in [-0.2, -0.15) is 0 Å². The summed E-state index contributed by atoms with van der Waals surface area (Å²) in [4.78, 5) is 0. The SMILES string of the molecule is OC[C@@]12C[C@H]1CCN2. The van der Waals surface area contributed by atoms with Crippen molar-refractivity contribution in [2.75, 3.05) is 13.2 Å². The highest BCUT2D eigenvalue weighted by molar-refractivity contribution is 5.13. The Labute approximate surface area is 48.9 Å². The van der Waals surface area contributed by atoms with Crippen LogP contribution in [-0.2, 0) is 0 Å². The van der Waals surface area contributed by atoms with E-state index < -0.39 is 0 Å². The Morgan fingerprint density at radius 3 is 2.88 bits per heavy atom. The summed E-state index contributed by atoms with van der Waals surface area (Å²) in [6, 6.07) is 0. The summed E-state index contributed by atoms with van der Waals surface area (Å²) in [7, 11) is 0. The number of aliphatic hydroxyl groups is 1. The Bertz CT molecular complexity index is 111. The predicted molar refractivity (Wildman–Crippen MR) is 30.5 cm³/mol. The first-order chi connectivity index (χ1) is 3.87. The Kier molecular flexibility index (Phi) is 0.746. The molecule has 2 rings (SSSR count). The van der Waals surface area contributed by atoms with Gasteiger partial charge < -0.3 is 10.4 Å². The number of hydrogen-bond donors (Lipinski definition) is 2. The Hall–Kier alpha value is -0.0800. The first kappa shape index (κ1) is 4.77. The van der Waals surface area contributed by atoms with Crippen molar-refractivity contribution in [1.29, 1.82) is 0 Å². The van der Waals surface area contributed by atoms with Gasteiger partial charge in [-0.25, -0.2) is 0 Å². The highest BCUT2D eigenvalue weighted by Crippen LogP contribution is 2.48. The number of hydrogen-bond acceptors (Lipinski definition) is 2. The lowest BCUT2D eigenvalue weighted by molar-refractivity contribution is 0.236. The molecule has 46 valence electrons. The van der Waals surface area contributed by atoms with E-state index in [1.807, 2.05) is 0 Å². The summed E-state index contributed by atoms with van der Waals surface area (Å²) in [5.41, 5.74) is 0.208. The lowest BCUT2D eigenvalue weighted by Gasteiger charge is -2.06. The number of fused-ring (bicyclic) bond motifs is 1. The third-order valence-electron chi connectivity index (χ3n) is 2.48. The lowest BCUT2D eigenvalue weighted by atomic mass is 10.2. The van der Waals surface area contributed by atoms with Gasteiger partial charge in [0, 0.05) is 5.54 Å². The summed E-state index contributed by atoms with van der Waals surface area (Å²) < 4.78 is 0. The molecule has 0 spiro atoms. The Balaban J connectivity index is 2.08. The van der Waals surface area contributed by atoms with Crippen LogP contribution in [0.15, 0.2) is 0 Å². The topological polar surface area (TPSA) is 32.3 Å². The highest BCUT2D eigenvalue weighted by atomic mass is 16.3. The molecule has 0 amide bonds. The van der Waals surface area contributed by atoms with Crippen molar-refractivity contribution in [3.8, 4) is 0 Å². The molecule has 2 heteroatoms. The van der Waals surface area contributed by atoms with E-state index in [1.165, 1.54) is 12.8 Å². The van der Waals surface area contributed by atoms with Crippen LogP contribution in [0.2, 0.25) is 0 Å². The van der Waals surface area contributed by atoms with Crippen LogP contribution in [0.3, 0.4) is 0 Å². The molecule has 0 aromatic carbocycles. The molecule has 1 aliphatic carbocycles. The lowest BCUT2D eigenvalue weighted by Crippen LogP contribution is -2.31. The molecular formula is C6H11NO. The van der Waals surface area contributed by atoms with Crippen molar-refractivity contribution < 1.29 is 5.11 Å². The van der Waals surface area contributed by atoms with Crippen LogP contribution >= 0.6 is 0 Å². The van der Waals surface area contributed by atoms with Crippen molar-refractivity contribution in [3.63, 3.8) is 0 Å². The summed E-state index contributed by atoms with van der Waals surface area (Å²) in [5, 5.41) is 12.1. The molecule has 2 N–H and O–H groups in total. The number of aliphatic hydroxyl groups excluding tert-OH is 1. The second-order valence-electron chi connectivity index (χ2n) is 2.93. The fourth-order valence-corrected chi connectivity index (χ4v) is 1.72. The van der Waals surface area contributed by atoms with E-state index in [-0.39, 0.29) is 5.54 Å². The fourth-order valence-electron chi connectivity index (χ4n) is 1.72. The van der Waals surface area contributed by atoms with Gasteiger partial charge in [0.2, 0.25) is 0 Å². The van der Waals surface area contributed by atoms with Crippen LogP contribution in [0.5, 0.6) is 0 Å². The van der Waals surface area contributed by atoms with Gasteiger partial charge in [-0.05, 0) is 25.3 Å². The number of rotatable bonds is 1. The monoisotopic (exact) mass is 113 g/mol. The molecule has 2 nitrogen and oxygen atoms in total. The molecule has 2 atom stereocenters. The first-order valence-corrected chi connectivity index (χ1v) is 3.23. The van der Waals surface area contributed by atoms with Gasteiger partial charge in [0.1, 0.15) is 0 Å². The van der Waals surface area contributed by atoms with Crippen molar-refractivity contribution in [2.45, 2.75) is 18.4 Å². The van der Waals surface area contributed by atoms with Gasteiger partial charge in [-0.1, -0.05) is 0 Å². The van der Waals surface area contributed by atoms with Gasteiger partial charge in [0.15, 0.2) is 0 Å². The van der Waals surface area contributed by atoms with Gasteiger partial charge in [-0.3, -0.25) is 0 Å². The molecule has 0 aromatic rings. The summed E-state index contributed by atoms with van der Waals surface area (Å²) >= 11 is 0. The molecule has 2 fully saturated rings. The minimum Gasteiger partial charge on any atom is -0.394 e. The van der Waals surface area contributed by atoms with Gasteiger partial charge in [-0.15, -0.1) is 0 Å². The van der Waals surface area contributed by atoms with E-state index in [0.29, 0.717) is 6.61 Å². The minimum atomic E-state index is 0.208. The van der Waals surface area contributed by atoms with Gasteiger partial charge >= 0.3 is 0 Å². The minimum absolute atomic E-state index is 0.208. The average Bonchev–Trinajstić information content (AvgIpc) is 2.38. The number of piperidine rings is 1. The Morgan fingerprint density at radius 2 is 2.62 bits per heavy atom. The van der Waals surface area contributed by atoms with Gasteiger partial charge in [0.05, 0.1) is 6.61 Å². The van der Waals surface area contributed by atoms with E-state index in [2.05, 4.69) is 5.32 Å². The van der Waals surface area contributed by atoms with Crippen LogP contribution in [0.4, 0.5) is 0 Å². The third-order valence-corrected chi connectivity index (χ3v) is 2.48. The van der Waals surface area contributed by atoms with Crippen molar-refractivity contribution in [3.05, 3.63) is 0 Å². The molecule has 0 aromatic heterocycles. The van der Waals surface area contributed by atoms with E-state index in [1.54, 1.807) is 0 Å². The largest absolute Gasteiger partial charge is 0.394 e. The molecule has 1 saturated heterocycles.